The van der Waals surface area contributed by atoms with Crippen LogP contribution < -0.4 is 10.2 Å². The highest BCUT2D eigenvalue weighted by Crippen LogP contribution is 2.33. The second-order valence-corrected chi connectivity index (χ2v) is 9.91. The number of morpholine rings is 1. The smallest absolute Gasteiger partial charge is 0.237 e. The SMILES string of the molecule is CC(C)Cn1c(SC(C)C(=O)Nc2cc(Cl)c(Cl)cc2Cl)nnc1N1CCOCC1. The van der Waals surface area contributed by atoms with Crippen molar-refractivity contribution in [2.45, 2.75) is 37.7 Å². The van der Waals surface area contributed by atoms with Crippen molar-refractivity contribution in [3.05, 3.63) is 27.2 Å². The summed E-state index contributed by atoms with van der Waals surface area (Å²) in [5.41, 5.74) is 0.418. The molecule has 0 spiro atoms. The Morgan fingerprint density at radius 3 is 2.47 bits per heavy atom. The summed E-state index contributed by atoms with van der Waals surface area (Å²) in [6.45, 7) is 9.73. The molecule has 11 heteroatoms. The number of hydrogen-bond donors (Lipinski definition) is 1. The van der Waals surface area contributed by atoms with Gasteiger partial charge >= 0.3 is 0 Å². The van der Waals surface area contributed by atoms with E-state index in [2.05, 4.69) is 38.8 Å². The third-order valence-corrected chi connectivity index (χ3v) is 6.57. The Morgan fingerprint density at radius 2 is 1.80 bits per heavy atom. The molecule has 1 fully saturated rings. The van der Waals surface area contributed by atoms with Crippen LogP contribution in [0, 0.1) is 5.92 Å². The molecular weight excluding hydrogens is 469 g/mol. The van der Waals surface area contributed by atoms with Gasteiger partial charge in [-0.1, -0.05) is 60.4 Å². The Labute approximate surface area is 195 Å². The van der Waals surface area contributed by atoms with Crippen LogP contribution in [-0.4, -0.2) is 52.2 Å². The molecule has 2 heterocycles. The van der Waals surface area contributed by atoms with E-state index >= 15 is 0 Å². The molecule has 1 aromatic carbocycles. The normalized spacial score (nSPS) is 15.5. The minimum atomic E-state index is -0.428. The molecule has 1 unspecified atom stereocenters. The van der Waals surface area contributed by atoms with E-state index in [0.717, 1.165) is 25.6 Å². The number of rotatable bonds is 7. The number of hydrogen-bond acceptors (Lipinski definition) is 6. The molecule has 0 saturated carbocycles. The van der Waals surface area contributed by atoms with E-state index in [0.29, 0.717) is 45.0 Å². The fourth-order valence-corrected chi connectivity index (χ4v) is 4.40. The Morgan fingerprint density at radius 1 is 1.13 bits per heavy atom. The largest absolute Gasteiger partial charge is 0.378 e. The standard InChI is InChI=1S/C19H24Cl3N5O2S/c1-11(2)10-27-18(26-4-6-29-7-5-26)24-25-19(27)30-12(3)17(28)23-16-9-14(21)13(20)8-15(16)22/h8-9,11-12H,4-7,10H2,1-3H3,(H,23,28). The van der Waals surface area contributed by atoms with Gasteiger partial charge in [0.05, 0.1) is 39.2 Å². The van der Waals surface area contributed by atoms with Crippen molar-refractivity contribution in [2.24, 2.45) is 5.92 Å². The molecule has 1 aliphatic heterocycles. The highest BCUT2D eigenvalue weighted by Gasteiger charge is 2.24. The van der Waals surface area contributed by atoms with Gasteiger partial charge in [-0.05, 0) is 25.0 Å². The molecule has 1 aliphatic rings. The number of carbonyl (C=O) groups excluding carboxylic acids is 1. The quantitative estimate of drug-likeness (QED) is 0.440. The minimum absolute atomic E-state index is 0.215. The molecule has 7 nitrogen and oxygen atoms in total. The maximum Gasteiger partial charge on any atom is 0.237 e. The van der Waals surface area contributed by atoms with Gasteiger partial charge in [-0.3, -0.25) is 9.36 Å². The summed E-state index contributed by atoms with van der Waals surface area (Å²) < 4.78 is 7.52. The fourth-order valence-electron chi connectivity index (χ4n) is 2.95. The number of thioether (sulfide) groups is 1. The van der Waals surface area contributed by atoms with Crippen LogP contribution in [0.3, 0.4) is 0 Å². The molecule has 1 atom stereocenters. The summed E-state index contributed by atoms with van der Waals surface area (Å²) >= 11 is 19.5. The van der Waals surface area contributed by atoms with Crippen LogP contribution in [0.15, 0.2) is 17.3 Å². The maximum absolute atomic E-state index is 12.8. The van der Waals surface area contributed by atoms with Crippen molar-refractivity contribution < 1.29 is 9.53 Å². The van der Waals surface area contributed by atoms with Gasteiger partial charge in [-0.15, -0.1) is 10.2 Å². The van der Waals surface area contributed by atoms with Crippen LogP contribution in [0.25, 0.3) is 0 Å². The molecule has 3 rings (SSSR count). The summed E-state index contributed by atoms with van der Waals surface area (Å²) in [6.07, 6.45) is 0. The summed E-state index contributed by atoms with van der Waals surface area (Å²) in [5, 5.41) is 12.8. The van der Waals surface area contributed by atoms with E-state index < -0.39 is 5.25 Å². The summed E-state index contributed by atoms with van der Waals surface area (Å²) in [6, 6.07) is 3.05. The van der Waals surface area contributed by atoms with Gasteiger partial charge in [-0.2, -0.15) is 0 Å². The number of amides is 1. The lowest BCUT2D eigenvalue weighted by molar-refractivity contribution is -0.115. The number of nitrogens with zero attached hydrogens (tertiary/aromatic N) is 4. The average Bonchev–Trinajstić information content (AvgIpc) is 3.08. The Bertz CT molecular complexity index is 903. The number of ether oxygens (including phenoxy) is 1. The van der Waals surface area contributed by atoms with Crippen molar-refractivity contribution in [2.75, 3.05) is 36.5 Å². The first-order chi connectivity index (χ1) is 14.3. The fraction of sp³-hybridized carbons (Fsp3) is 0.526. The van der Waals surface area contributed by atoms with Gasteiger partial charge in [0.25, 0.3) is 0 Å². The molecule has 0 aliphatic carbocycles. The molecule has 1 saturated heterocycles. The number of nitrogens with one attached hydrogen (secondary N) is 1. The number of carbonyl (C=O) groups is 1. The van der Waals surface area contributed by atoms with Crippen LogP contribution >= 0.6 is 46.6 Å². The zero-order valence-corrected chi connectivity index (χ0v) is 20.1. The number of halogens is 3. The average molecular weight is 493 g/mol. The van der Waals surface area contributed by atoms with Gasteiger partial charge in [0, 0.05) is 19.6 Å². The van der Waals surface area contributed by atoms with Crippen molar-refractivity contribution in [3.63, 3.8) is 0 Å². The molecule has 0 bridgehead atoms. The van der Waals surface area contributed by atoms with E-state index in [1.165, 1.54) is 17.8 Å². The van der Waals surface area contributed by atoms with E-state index in [4.69, 9.17) is 39.5 Å². The molecule has 1 amide bonds. The summed E-state index contributed by atoms with van der Waals surface area (Å²) in [4.78, 5) is 14.9. The van der Waals surface area contributed by atoms with Gasteiger partial charge in [0.2, 0.25) is 11.9 Å². The molecule has 1 aromatic heterocycles. The van der Waals surface area contributed by atoms with Crippen molar-refractivity contribution in [3.8, 4) is 0 Å². The first kappa shape index (κ1) is 23.5. The molecular formula is C19H24Cl3N5O2S. The van der Waals surface area contributed by atoms with E-state index in [9.17, 15) is 4.79 Å². The van der Waals surface area contributed by atoms with Crippen LogP contribution in [0.1, 0.15) is 20.8 Å². The van der Waals surface area contributed by atoms with Crippen LogP contribution in [0.2, 0.25) is 15.1 Å². The van der Waals surface area contributed by atoms with Crippen molar-refractivity contribution in [1.82, 2.24) is 14.8 Å². The third-order valence-electron chi connectivity index (χ3n) is 4.46. The lowest BCUT2D eigenvalue weighted by Crippen LogP contribution is -2.38. The third kappa shape index (κ3) is 5.73. The zero-order valence-electron chi connectivity index (χ0n) is 17.0. The zero-order chi connectivity index (χ0) is 21.8. The molecule has 164 valence electrons. The first-order valence-electron chi connectivity index (χ1n) is 9.64. The second-order valence-electron chi connectivity index (χ2n) is 7.38. The van der Waals surface area contributed by atoms with Crippen molar-refractivity contribution >= 4 is 64.1 Å². The van der Waals surface area contributed by atoms with Crippen LogP contribution in [0.5, 0.6) is 0 Å². The Hall–Kier alpha value is -1.19. The monoisotopic (exact) mass is 491 g/mol. The topological polar surface area (TPSA) is 72.3 Å². The van der Waals surface area contributed by atoms with Gasteiger partial charge < -0.3 is 15.0 Å². The lowest BCUT2D eigenvalue weighted by atomic mass is 10.2. The molecule has 1 N–H and O–H groups in total. The second kappa shape index (κ2) is 10.4. The summed E-state index contributed by atoms with van der Waals surface area (Å²) in [7, 11) is 0. The number of anilines is 2. The van der Waals surface area contributed by atoms with E-state index in [1.807, 2.05) is 6.92 Å². The predicted octanol–water partition coefficient (Wildman–Crippen LogP) is 4.85. The molecule has 0 radical (unpaired) electrons. The van der Waals surface area contributed by atoms with Gasteiger partial charge in [0.15, 0.2) is 5.16 Å². The first-order valence-corrected chi connectivity index (χ1v) is 11.7. The minimum Gasteiger partial charge on any atom is -0.378 e. The predicted molar refractivity (Wildman–Crippen MR) is 123 cm³/mol. The summed E-state index contributed by atoms with van der Waals surface area (Å²) in [5.74, 6) is 1.00. The van der Waals surface area contributed by atoms with Crippen LogP contribution in [-0.2, 0) is 16.1 Å². The number of aromatic nitrogens is 3. The Balaban J connectivity index is 1.75. The molecule has 30 heavy (non-hydrogen) atoms. The van der Waals surface area contributed by atoms with Crippen molar-refractivity contribution in [1.29, 1.82) is 0 Å². The van der Waals surface area contributed by atoms with E-state index in [-0.39, 0.29) is 5.91 Å². The lowest BCUT2D eigenvalue weighted by Gasteiger charge is -2.28. The number of benzene rings is 1. The van der Waals surface area contributed by atoms with Gasteiger partial charge in [0.1, 0.15) is 0 Å². The Kier molecular flexibility index (Phi) is 8.15. The molecule has 2 aromatic rings. The van der Waals surface area contributed by atoms with E-state index in [1.54, 1.807) is 6.07 Å². The highest BCUT2D eigenvalue weighted by molar-refractivity contribution is 8.00. The maximum atomic E-state index is 12.8. The van der Waals surface area contributed by atoms with Crippen LogP contribution in [0.4, 0.5) is 11.6 Å². The van der Waals surface area contributed by atoms with Gasteiger partial charge in [-0.25, -0.2) is 0 Å². The highest BCUT2D eigenvalue weighted by atomic mass is 35.5.